The summed E-state index contributed by atoms with van der Waals surface area (Å²) in [5, 5.41) is 0. The minimum Gasteiger partial charge on any atom is -0.497 e. The molecule has 4 heteroatoms. The summed E-state index contributed by atoms with van der Waals surface area (Å²) in [6.45, 7) is 0. The molecule has 0 spiro atoms. The highest BCUT2D eigenvalue weighted by Gasteiger charge is 2.16. The monoisotopic (exact) mass is 249 g/mol. The summed E-state index contributed by atoms with van der Waals surface area (Å²) in [5.41, 5.74) is 3.48. The van der Waals surface area contributed by atoms with Gasteiger partial charge in [-0.15, -0.1) is 0 Å². The van der Waals surface area contributed by atoms with Gasteiger partial charge < -0.3 is 4.74 Å². The Morgan fingerprint density at radius 1 is 1.28 bits per heavy atom. The number of hydrogen-bond donors (Lipinski definition) is 1. The Balaban J connectivity index is 1.75. The number of carbonyl (C=O) groups is 1. The van der Waals surface area contributed by atoms with E-state index in [0.717, 1.165) is 24.2 Å². The highest BCUT2D eigenvalue weighted by molar-refractivity contribution is 5.77. The highest BCUT2D eigenvalue weighted by atomic mass is 16.7. The Bertz CT molecular complexity index is 383. The molecule has 98 valence electrons. The molecular weight excluding hydrogens is 230 g/mol. The Morgan fingerprint density at radius 2 is 1.94 bits per heavy atom. The highest BCUT2D eigenvalue weighted by Crippen LogP contribution is 2.19. The summed E-state index contributed by atoms with van der Waals surface area (Å²) < 4.78 is 5.06. The molecule has 0 radical (unpaired) electrons. The van der Waals surface area contributed by atoms with Crippen LogP contribution in [-0.4, -0.2) is 19.1 Å². The molecule has 0 unspecified atom stereocenters. The number of hydrogen-bond acceptors (Lipinski definition) is 3. The maximum Gasteiger partial charge on any atom is 0.247 e. The first-order valence-electron chi connectivity index (χ1n) is 6.35. The first-order chi connectivity index (χ1) is 8.78. The number of ether oxygens (including phenoxy) is 1. The molecule has 2 rings (SSSR count). The van der Waals surface area contributed by atoms with Gasteiger partial charge in [-0.3, -0.25) is 9.63 Å². The van der Waals surface area contributed by atoms with E-state index >= 15 is 0 Å². The molecule has 1 amide bonds. The third kappa shape index (κ3) is 3.74. The molecule has 0 saturated heterocycles. The van der Waals surface area contributed by atoms with Crippen molar-refractivity contribution < 1.29 is 14.4 Å². The number of hydroxylamine groups is 1. The zero-order valence-corrected chi connectivity index (χ0v) is 10.6. The van der Waals surface area contributed by atoms with E-state index in [4.69, 9.17) is 9.57 Å². The number of carbonyl (C=O) groups excluding carboxylic acids is 1. The molecule has 0 aliphatic heterocycles. The van der Waals surface area contributed by atoms with E-state index in [1.165, 1.54) is 12.8 Å². The lowest BCUT2D eigenvalue weighted by Gasteiger charge is -2.11. The predicted molar refractivity (Wildman–Crippen MR) is 68.2 cm³/mol. The molecule has 0 heterocycles. The summed E-state index contributed by atoms with van der Waals surface area (Å²) in [6, 6.07) is 7.46. The van der Waals surface area contributed by atoms with Gasteiger partial charge in [0.15, 0.2) is 0 Å². The standard InChI is InChI=1S/C14H19NO3/c1-17-12-8-6-11(7-9-12)10-14(16)15-18-13-4-2-3-5-13/h6-9,13H,2-5,10H2,1H3,(H,15,16). The summed E-state index contributed by atoms with van der Waals surface area (Å²) >= 11 is 0. The molecule has 1 aromatic carbocycles. The van der Waals surface area contributed by atoms with Gasteiger partial charge >= 0.3 is 0 Å². The lowest BCUT2D eigenvalue weighted by atomic mass is 10.1. The topological polar surface area (TPSA) is 47.6 Å². The SMILES string of the molecule is COc1ccc(CC(=O)NOC2CCCC2)cc1. The number of rotatable bonds is 5. The molecule has 0 aromatic heterocycles. The van der Waals surface area contributed by atoms with Crippen LogP contribution in [0.2, 0.25) is 0 Å². The number of methoxy groups -OCH3 is 1. The first kappa shape index (κ1) is 12.9. The summed E-state index contributed by atoms with van der Waals surface area (Å²) in [7, 11) is 1.62. The van der Waals surface area contributed by atoms with Crippen molar-refractivity contribution in [3.63, 3.8) is 0 Å². The fourth-order valence-corrected chi connectivity index (χ4v) is 2.12. The minimum absolute atomic E-state index is 0.105. The Hall–Kier alpha value is -1.55. The van der Waals surface area contributed by atoms with E-state index < -0.39 is 0 Å². The van der Waals surface area contributed by atoms with Crippen molar-refractivity contribution in [1.29, 1.82) is 0 Å². The van der Waals surface area contributed by atoms with Crippen LogP contribution in [0.3, 0.4) is 0 Å². The second-order valence-electron chi connectivity index (χ2n) is 4.57. The fourth-order valence-electron chi connectivity index (χ4n) is 2.12. The quantitative estimate of drug-likeness (QED) is 0.814. The second kappa shape index (κ2) is 6.40. The number of nitrogens with one attached hydrogen (secondary N) is 1. The van der Waals surface area contributed by atoms with E-state index in [-0.39, 0.29) is 12.0 Å². The molecular formula is C14H19NO3. The second-order valence-corrected chi connectivity index (χ2v) is 4.57. The van der Waals surface area contributed by atoms with Gasteiger partial charge in [0.25, 0.3) is 0 Å². The van der Waals surface area contributed by atoms with Crippen LogP contribution in [0.4, 0.5) is 0 Å². The first-order valence-corrected chi connectivity index (χ1v) is 6.35. The predicted octanol–water partition coefficient (Wildman–Crippen LogP) is 2.23. The molecule has 1 aromatic rings. The van der Waals surface area contributed by atoms with Crippen LogP contribution in [0, 0.1) is 0 Å². The molecule has 4 nitrogen and oxygen atoms in total. The van der Waals surface area contributed by atoms with Crippen LogP contribution >= 0.6 is 0 Å². The van der Waals surface area contributed by atoms with E-state index in [2.05, 4.69) is 5.48 Å². The molecule has 1 fully saturated rings. The number of benzene rings is 1. The minimum atomic E-state index is -0.105. The molecule has 1 N–H and O–H groups in total. The Morgan fingerprint density at radius 3 is 2.56 bits per heavy atom. The maximum atomic E-state index is 11.7. The summed E-state index contributed by atoms with van der Waals surface area (Å²) in [5.74, 6) is 0.688. The zero-order chi connectivity index (χ0) is 12.8. The van der Waals surface area contributed by atoms with Crippen molar-refractivity contribution in [1.82, 2.24) is 5.48 Å². The molecule has 1 aliphatic carbocycles. The molecule has 18 heavy (non-hydrogen) atoms. The van der Waals surface area contributed by atoms with Crippen LogP contribution in [0.5, 0.6) is 5.75 Å². The third-order valence-electron chi connectivity index (χ3n) is 3.17. The summed E-state index contributed by atoms with van der Waals surface area (Å²) in [6.07, 6.45) is 5.00. The van der Waals surface area contributed by atoms with Crippen LogP contribution in [0.15, 0.2) is 24.3 Å². The zero-order valence-electron chi connectivity index (χ0n) is 10.6. The van der Waals surface area contributed by atoms with Crippen molar-refractivity contribution in [2.75, 3.05) is 7.11 Å². The van der Waals surface area contributed by atoms with E-state index in [1.54, 1.807) is 7.11 Å². The van der Waals surface area contributed by atoms with Crippen molar-refractivity contribution in [3.8, 4) is 5.75 Å². The van der Waals surface area contributed by atoms with Gasteiger partial charge in [-0.1, -0.05) is 25.0 Å². The lowest BCUT2D eigenvalue weighted by molar-refractivity contribution is -0.137. The van der Waals surface area contributed by atoms with Crippen molar-refractivity contribution in [3.05, 3.63) is 29.8 Å². The molecule has 1 aliphatic rings. The van der Waals surface area contributed by atoms with Crippen molar-refractivity contribution in [2.24, 2.45) is 0 Å². The van der Waals surface area contributed by atoms with Gasteiger partial charge in [0.2, 0.25) is 5.91 Å². The Kier molecular flexibility index (Phi) is 4.59. The smallest absolute Gasteiger partial charge is 0.247 e. The molecule has 0 atom stereocenters. The fraction of sp³-hybridized carbons (Fsp3) is 0.500. The van der Waals surface area contributed by atoms with Gasteiger partial charge in [-0.2, -0.15) is 0 Å². The average molecular weight is 249 g/mol. The van der Waals surface area contributed by atoms with Crippen molar-refractivity contribution >= 4 is 5.91 Å². The van der Waals surface area contributed by atoms with Gasteiger partial charge in [0.05, 0.1) is 19.6 Å². The largest absolute Gasteiger partial charge is 0.497 e. The molecule has 0 bridgehead atoms. The van der Waals surface area contributed by atoms with Crippen LogP contribution in [0.1, 0.15) is 31.2 Å². The van der Waals surface area contributed by atoms with Crippen LogP contribution in [-0.2, 0) is 16.1 Å². The van der Waals surface area contributed by atoms with Gasteiger partial charge in [0.1, 0.15) is 5.75 Å². The van der Waals surface area contributed by atoms with Gasteiger partial charge in [0, 0.05) is 0 Å². The van der Waals surface area contributed by atoms with E-state index in [0.29, 0.717) is 6.42 Å². The van der Waals surface area contributed by atoms with Gasteiger partial charge in [-0.05, 0) is 30.5 Å². The third-order valence-corrected chi connectivity index (χ3v) is 3.17. The van der Waals surface area contributed by atoms with E-state index in [9.17, 15) is 4.79 Å². The Labute approximate surface area is 107 Å². The normalized spacial score (nSPS) is 15.6. The van der Waals surface area contributed by atoms with Gasteiger partial charge in [-0.25, -0.2) is 5.48 Å². The van der Waals surface area contributed by atoms with E-state index in [1.807, 2.05) is 24.3 Å². The number of amides is 1. The molecule has 1 saturated carbocycles. The van der Waals surface area contributed by atoms with Crippen molar-refractivity contribution in [2.45, 2.75) is 38.2 Å². The lowest BCUT2D eigenvalue weighted by Crippen LogP contribution is -2.29. The van der Waals surface area contributed by atoms with Crippen LogP contribution in [0.25, 0.3) is 0 Å². The van der Waals surface area contributed by atoms with Crippen LogP contribution < -0.4 is 10.2 Å². The average Bonchev–Trinajstić information content (AvgIpc) is 2.90. The maximum absolute atomic E-state index is 11.7. The summed E-state index contributed by atoms with van der Waals surface area (Å²) in [4.78, 5) is 17.0.